The average molecular weight is 344 g/mol. The highest BCUT2D eigenvalue weighted by Crippen LogP contribution is 2.32. The molecule has 0 aromatic carbocycles. The van der Waals surface area contributed by atoms with Gasteiger partial charge in [-0.1, -0.05) is 0 Å². The van der Waals surface area contributed by atoms with Crippen LogP contribution in [0.15, 0.2) is 15.1 Å². The number of rotatable bonds is 2. The molecule has 0 fully saturated rings. The highest BCUT2D eigenvalue weighted by Gasteiger charge is 2.18. The lowest BCUT2D eigenvalue weighted by molar-refractivity contribution is -0.126. The monoisotopic (exact) mass is 342 g/mol. The van der Waals surface area contributed by atoms with Gasteiger partial charge < -0.3 is 5.32 Å². The normalized spacial score (nSPS) is 10.5. The largest absolute Gasteiger partial charge is 0.319 e. The van der Waals surface area contributed by atoms with Gasteiger partial charge in [-0.25, -0.2) is 0 Å². The molecule has 0 atom stereocenters. The van der Waals surface area contributed by atoms with E-state index in [0.29, 0.717) is 14.6 Å². The number of hydrogen-bond acceptors (Lipinski definition) is 2. The number of hydrogen-bond donors (Lipinski definition) is 1. The Morgan fingerprint density at radius 2 is 2.13 bits per heavy atom. The Kier molecular flexibility index (Phi) is 4.15. The maximum Gasteiger partial charge on any atom is 0.315 e. The number of alkyl halides is 2. The van der Waals surface area contributed by atoms with E-state index in [1.165, 1.54) is 6.20 Å². The van der Waals surface area contributed by atoms with Crippen molar-refractivity contribution in [3.05, 3.63) is 20.8 Å². The molecule has 0 radical (unpaired) electrons. The van der Waals surface area contributed by atoms with Gasteiger partial charge in [0.25, 0.3) is 5.91 Å². The topological polar surface area (TPSA) is 42.0 Å². The Bertz CT molecular complexity index is 398. The number of anilines is 1. The van der Waals surface area contributed by atoms with Gasteiger partial charge in [-0.05, 0) is 38.8 Å². The van der Waals surface area contributed by atoms with Crippen molar-refractivity contribution in [3.8, 4) is 0 Å². The number of nitrogens with one attached hydrogen (secondary N) is 1. The maximum absolute atomic E-state index is 12.0. The van der Waals surface area contributed by atoms with Crippen molar-refractivity contribution in [2.45, 2.75) is 13.3 Å². The Labute approximate surface area is 102 Å². The molecule has 0 spiro atoms. The average Bonchev–Trinajstić information content (AvgIpc) is 2.18. The summed E-state index contributed by atoms with van der Waals surface area (Å²) < 4.78 is 25.0. The van der Waals surface area contributed by atoms with Crippen LogP contribution in [0.2, 0.25) is 0 Å². The maximum atomic E-state index is 12.0. The standard InChI is InChI=1S/C8H6Br2F2N2O/c1-3-5(10)6(4(9)2-13-3)14-8(15)7(11)12/h2,7H,1H3,(H,13,14,15). The van der Waals surface area contributed by atoms with Gasteiger partial charge in [0.05, 0.1) is 20.3 Å². The number of aryl methyl sites for hydroxylation is 1. The van der Waals surface area contributed by atoms with Crippen LogP contribution < -0.4 is 5.32 Å². The zero-order valence-electron chi connectivity index (χ0n) is 7.52. The summed E-state index contributed by atoms with van der Waals surface area (Å²) in [6, 6.07) is 0. The lowest BCUT2D eigenvalue weighted by atomic mass is 10.3. The number of pyridine rings is 1. The molecule has 1 heterocycles. The predicted octanol–water partition coefficient (Wildman–Crippen LogP) is 3.12. The lowest BCUT2D eigenvalue weighted by Crippen LogP contribution is -2.20. The second-order valence-corrected chi connectivity index (χ2v) is 4.32. The number of nitrogens with zero attached hydrogens (tertiary/aromatic N) is 1. The molecule has 0 saturated carbocycles. The molecule has 1 aromatic heterocycles. The van der Waals surface area contributed by atoms with Crippen LogP contribution in [0.25, 0.3) is 0 Å². The minimum atomic E-state index is -3.04. The van der Waals surface area contributed by atoms with Gasteiger partial charge in [0.15, 0.2) is 0 Å². The second kappa shape index (κ2) is 4.98. The van der Waals surface area contributed by atoms with Gasteiger partial charge in [-0.15, -0.1) is 0 Å². The molecule has 0 aliphatic heterocycles. The molecular weight excluding hydrogens is 338 g/mol. The van der Waals surface area contributed by atoms with Crippen LogP contribution in [0, 0.1) is 6.92 Å². The summed E-state index contributed by atoms with van der Waals surface area (Å²) in [6.45, 7) is 1.69. The Morgan fingerprint density at radius 3 is 2.67 bits per heavy atom. The van der Waals surface area contributed by atoms with E-state index in [4.69, 9.17) is 0 Å². The van der Waals surface area contributed by atoms with Crippen LogP contribution in [0.3, 0.4) is 0 Å². The van der Waals surface area contributed by atoms with Gasteiger partial charge in [0.1, 0.15) is 0 Å². The van der Waals surface area contributed by atoms with Crippen LogP contribution in [0.5, 0.6) is 0 Å². The lowest BCUT2D eigenvalue weighted by Gasteiger charge is -2.10. The van der Waals surface area contributed by atoms with Crippen molar-refractivity contribution in [2.24, 2.45) is 0 Å². The minimum absolute atomic E-state index is 0.257. The van der Waals surface area contributed by atoms with E-state index >= 15 is 0 Å². The molecule has 15 heavy (non-hydrogen) atoms. The van der Waals surface area contributed by atoms with E-state index in [2.05, 4.69) is 42.2 Å². The Balaban J connectivity index is 3.04. The third-order valence-electron chi connectivity index (χ3n) is 1.59. The molecule has 7 heteroatoms. The summed E-state index contributed by atoms with van der Waals surface area (Å²) in [5, 5.41) is 2.10. The summed E-state index contributed by atoms with van der Waals surface area (Å²) in [5.41, 5.74) is 0.857. The summed E-state index contributed by atoms with van der Waals surface area (Å²) in [5.74, 6) is -1.35. The molecule has 3 nitrogen and oxygen atoms in total. The van der Waals surface area contributed by atoms with Crippen LogP contribution in [-0.2, 0) is 4.79 Å². The molecule has 1 N–H and O–H groups in total. The van der Waals surface area contributed by atoms with Crippen molar-refractivity contribution in [1.82, 2.24) is 4.98 Å². The zero-order valence-corrected chi connectivity index (χ0v) is 10.7. The van der Waals surface area contributed by atoms with E-state index in [9.17, 15) is 13.6 Å². The SMILES string of the molecule is Cc1ncc(Br)c(NC(=O)C(F)F)c1Br. The number of amides is 1. The molecule has 82 valence electrons. The Morgan fingerprint density at radius 1 is 1.53 bits per heavy atom. The first-order chi connectivity index (χ1) is 6.93. The van der Waals surface area contributed by atoms with E-state index in [-0.39, 0.29) is 5.69 Å². The summed E-state index contributed by atoms with van der Waals surface area (Å²) in [7, 11) is 0. The fourth-order valence-electron chi connectivity index (χ4n) is 0.853. The zero-order chi connectivity index (χ0) is 11.6. The second-order valence-electron chi connectivity index (χ2n) is 2.67. The van der Waals surface area contributed by atoms with Crippen LogP contribution >= 0.6 is 31.9 Å². The molecular formula is C8H6Br2F2N2O. The van der Waals surface area contributed by atoms with Gasteiger partial charge in [-0.3, -0.25) is 9.78 Å². The first kappa shape index (κ1) is 12.5. The van der Waals surface area contributed by atoms with Crippen molar-refractivity contribution in [3.63, 3.8) is 0 Å². The van der Waals surface area contributed by atoms with Gasteiger partial charge in [0, 0.05) is 6.20 Å². The summed E-state index contributed by atoms with van der Waals surface area (Å²) >= 11 is 6.26. The van der Waals surface area contributed by atoms with E-state index < -0.39 is 12.3 Å². The van der Waals surface area contributed by atoms with Gasteiger partial charge in [0.2, 0.25) is 0 Å². The molecule has 1 rings (SSSR count). The predicted molar refractivity (Wildman–Crippen MR) is 59.0 cm³/mol. The number of carbonyl (C=O) groups excluding carboxylic acids is 1. The molecule has 0 bridgehead atoms. The first-order valence-corrected chi connectivity index (χ1v) is 5.41. The number of carbonyl (C=O) groups is 1. The first-order valence-electron chi connectivity index (χ1n) is 3.83. The third kappa shape index (κ3) is 2.94. The minimum Gasteiger partial charge on any atom is -0.319 e. The molecule has 0 aliphatic carbocycles. The molecule has 1 amide bonds. The van der Waals surface area contributed by atoms with Crippen LogP contribution in [-0.4, -0.2) is 17.3 Å². The summed E-state index contributed by atoms with van der Waals surface area (Å²) in [4.78, 5) is 14.8. The van der Waals surface area contributed by atoms with E-state index in [1.54, 1.807) is 6.92 Å². The fourth-order valence-corrected chi connectivity index (χ4v) is 1.93. The highest BCUT2D eigenvalue weighted by atomic mass is 79.9. The fraction of sp³-hybridized carbons (Fsp3) is 0.250. The number of aromatic nitrogens is 1. The number of halogens is 4. The van der Waals surface area contributed by atoms with Crippen molar-refractivity contribution < 1.29 is 13.6 Å². The summed E-state index contributed by atoms with van der Waals surface area (Å²) in [6.07, 6.45) is -1.61. The van der Waals surface area contributed by atoms with Gasteiger partial charge >= 0.3 is 6.43 Å². The van der Waals surface area contributed by atoms with E-state index in [0.717, 1.165) is 0 Å². The third-order valence-corrected chi connectivity index (χ3v) is 3.17. The van der Waals surface area contributed by atoms with Crippen LogP contribution in [0.1, 0.15) is 5.69 Å². The highest BCUT2D eigenvalue weighted by molar-refractivity contribution is 9.11. The molecule has 0 unspecified atom stereocenters. The smallest absolute Gasteiger partial charge is 0.315 e. The van der Waals surface area contributed by atoms with E-state index in [1.807, 2.05) is 0 Å². The van der Waals surface area contributed by atoms with Gasteiger partial charge in [-0.2, -0.15) is 8.78 Å². The van der Waals surface area contributed by atoms with Crippen LogP contribution in [0.4, 0.5) is 14.5 Å². The molecule has 1 aromatic rings. The van der Waals surface area contributed by atoms with Crippen molar-refractivity contribution >= 4 is 43.5 Å². The Hall–Kier alpha value is -0.560. The molecule has 0 saturated heterocycles. The molecule has 0 aliphatic rings. The van der Waals surface area contributed by atoms with Crippen molar-refractivity contribution in [1.29, 1.82) is 0 Å². The quantitative estimate of drug-likeness (QED) is 0.896. The van der Waals surface area contributed by atoms with Crippen molar-refractivity contribution in [2.75, 3.05) is 5.32 Å².